The van der Waals surface area contributed by atoms with Crippen molar-refractivity contribution in [2.75, 3.05) is 0 Å². The summed E-state index contributed by atoms with van der Waals surface area (Å²) in [7, 11) is 0. The Morgan fingerprint density at radius 3 is 1.48 bits per heavy atom. The summed E-state index contributed by atoms with van der Waals surface area (Å²) in [6.07, 6.45) is 0. The third kappa shape index (κ3) is 5.31. The van der Waals surface area contributed by atoms with Gasteiger partial charge in [0.15, 0.2) is 17.5 Å². The van der Waals surface area contributed by atoms with Crippen LogP contribution in [0.25, 0.3) is 84.1 Å². The zero-order valence-electron chi connectivity index (χ0n) is 27.4. The first kappa shape index (κ1) is 29.4. The van der Waals surface area contributed by atoms with Gasteiger partial charge in [0.05, 0.1) is 16.9 Å². The SMILES string of the molecule is Cc1c(-c2cccc(-c3cccc(-c4nc(-c5ccccc5)nc(-c5ccccc5)n4)c3)c2)nn2c(-c3ccccc3)cc3ccccc3c12. The van der Waals surface area contributed by atoms with Gasteiger partial charge >= 0.3 is 0 Å². The number of aryl methyl sites for hydroxylation is 1. The smallest absolute Gasteiger partial charge is 0.164 e. The van der Waals surface area contributed by atoms with Crippen molar-refractivity contribution in [3.05, 3.63) is 175 Å². The lowest BCUT2D eigenvalue weighted by molar-refractivity contribution is 0.979. The highest BCUT2D eigenvalue weighted by Crippen LogP contribution is 2.36. The van der Waals surface area contributed by atoms with Crippen LogP contribution in [0.3, 0.4) is 0 Å². The molecule has 0 atom stereocenters. The molecule has 9 rings (SSSR count). The second-order valence-corrected chi connectivity index (χ2v) is 12.4. The van der Waals surface area contributed by atoms with Gasteiger partial charge in [-0.1, -0.05) is 152 Å². The molecule has 5 nitrogen and oxygen atoms in total. The van der Waals surface area contributed by atoms with Crippen molar-refractivity contribution < 1.29 is 0 Å². The molecule has 0 fully saturated rings. The Morgan fingerprint density at radius 2 is 0.860 bits per heavy atom. The number of rotatable bonds is 6. The normalized spacial score (nSPS) is 11.3. The minimum absolute atomic E-state index is 0.632. The lowest BCUT2D eigenvalue weighted by atomic mass is 9.98. The highest BCUT2D eigenvalue weighted by molar-refractivity contribution is 6.01. The molecule has 0 aliphatic heterocycles. The summed E-state index contributed by atoms with van der Waals surface area (Å²) in [4.78, 5) is 14.8. The van der Waals surface area contributed by atoms with E-state index in [2.05, 4.69) is 115 Å². The maximum absolute atomic E-state index is 5.28. The average Bonchev–Trinajstić information content (AvgIpc) is 3.55. The van der Waals surface area contributed by atoms with E-state index in [1.807, 2.05) is 66.7 Å². The molecule has 0 aliphatic rings. The predicted molar refractivity (Wildman–Crippen MR) is 203 cm³/mol. The number of hydrogen-bond donors (Lipinski definition) is 0. The summed E-state index contributed by atoms with van der Waals surface area (Å²) in [6, 6.07) is 58.5. The second kappa shape index (κ2) is 12.4. The standard InChI is InChI=1S/C45H31N5/c1-30-41(49-50-40(31-15-5-2-6-16-31)29-36-21-11-12-26-39(36)42(30)50)37-24-13-22-34(27-37)35-23-14-25-38(28-35)45-47-43(32-17-7-3-8-18-32)46-44(48-45)33-19-9-4-10-20-33/h2-29H,1H3. The molecule has 9 aromatic rings. The van der Waals surface area contributed by atoms with Crippen LogP contribution in [0, 0.1) is 6.92 Å². The molecule has 0 N–H and O–H groups in total. The van der Waals surface area contributed by atoms with Crippen LogP contribution in [0.5, 0.6) is 0 Å². The fraction of sp³-hybridized carbons (Fsp3) is 0.0222. The monoisotopic (exact) mass is 641 g/mol. The lowest BCUT2D eigenvalue weighted by Gasteiger charge is -2.10. The Kier molecular flexibility index (Phi) is 7.29. The van der Waals surface area contributed by atoms with Crippen molar-refractivity contribution in [2.45, 2.75) is 6.92 Å². The van der Waals surface area contributed by atoms with Crippen LogP contribution in [0.2, 0.25) is 0 Å². The molecule has 5 heteroatoms. The van der Waals surface area contributed by atoms with E-state index in [-0.39, 0.29) is 0 Å². The van der Waals surface area contributed by atoms with E-state index < -0.39 is 0 Å². The number of fused-ring (bicyclic) bond motifs is 3. The third-order valence-electron chi connectivity index (χ3n) is 9.22. The van der Waals surface area contributed by atoms with Gasteiger partial charge in [0, 0.05) is 38.8 Å². The Morgan fingerprint density at radius 1 is 0.400 bits per heavy atom. The Balaban J connectivity index is 1.15. The molecular formula is C45H31N5. The third-order valence-corrected chi connectivity index (χ3v) is 9.22. The van der Waals surface area contributed by atoms with Crippen LogP contribution in [0.15, 0.2) is 170 Å². The first-order valence-corrected chi connectivity index (χ1v) is 16.7. The van der Waals surface area contributed by atoms with Gasteiger partial charge in [0.2, 0.25) is 0 Å². The molecule has 0 aliphatic carbocycles. The summed E-state index contributed by atoms with van der Waals surface area (Å²) in [6.45, 7) is 2.18. The van der Waals surface area contributed by atoms with Crippen LogP contribution in [-0.4, -0.2) is 24.6 Å². The largest absolute Gasteiger partial charge is 0.232 e. The van der Waals surface area contributed by atoms with Crippen molar-refractivity contribution in [1.82, 2.24) is 24.6 Å². The summed E-state index contributed by atoms with van der Waals surface area (Å²) < 4.78 is 2.12. The van der Waals surface area contributed by atoms with E-state index in [1.165, 1.54) is 10.8 Å². The molecule has 50 heavy (non-hydrogen) atoms. The molecule has 0 unspecified atom stereocenters. The first-order chi connectivity index (χ1) is 24.7. The first-order valence-electron chi connectivity index (χ1n) is 16.7. The molecule has 3 heterocycles. The maximum Gasteiger partial charge on any atom is 0.164 e. The van der Waals surface area contributed by atoms with E-state index in [0.29, 0.717) is 17.5 Å². The molecule has 0 spiro atoms. The number of nitrogens with zero attached hydrogens (tertiary/aromatic N) is 5. The topological polar surface area (TPSA) is 56.0 Å². The van der Waals surface area contributed by atoms with Crippen molar-refractivity contribution >= 4 is 16.3 Å². The van der Waals surface area contributed by atoms with Gasteiger partial charge in [-0.25, -0.2) is 19.5 Å². The van der Waals surface area contributed by atoms with Crippen LogP contribution in [0.1, 0.15) is 5.56 Å². The molecule has 3 aromatic heterocycles. The van der Waals surface area contributed by atoms with Crippen molar-refractivity contribution in [1.29, 1.82) is 0 Å². The summed E-state index contributed by atoms with van der Waals surface area (Å²) in [5, 5.41) is 7.66. The van der Waals surface area contributed by atoms with Gasteiger partial charge in [-0.2, -0.15) is 5.10 Å². The lowest BCUT2D eigenvalue weighted by Crippen LogP contribution is -2.00. The number of benzene rings is 6. The molecule has 236 valence electrons. The molecule has 0 radical (unpaired) electrons. The quantitative estimate of drug-likeness (QED) is 0.181. The second-order valence-electron chi connectivity index (χ2n) is 12.4. The minimum Gasteiger partial charge on any atom is -0.232 e. The molecular weight excluding hydrogens is 611 g/mol. The van der Waals surface area contributed by atoms with Gasteiger partial charge in [-0.15, -0.1) is 0 Å². The van der Waals surface area contributed by atoms with Gasteiger partial charge in [-0.05, 0) is 41.6 Å². The van der Waals surface area contributed by atoms with Crippen LogP contribution < -0.4 is 0 Å². The predicted octanol–water partition coefficient (Wildman–Crippen LogP) is 11.0. The maximum atomic E-state index is 5.28. The number of hydrogen-bond acceptors (Lipinski definition) is 4. The van der Waals surface area contributed by atoms with Gasteiger partial charge < -0.3 is 0 Å². The molecule has 0 saturated carbocycles. The van der Waals surface area contributed by atoms with E-state index in [9.17, 15) is 0 Å². The molecule has 0 saturated heterocycles. The van der Waals surface area contributed by atoms with Gasteiger partial charge in [0.1, 0.15) is 0 Å². The van der Waals surface area contributed by atoms with E-state index in [4.69, 9.17) is 20.1 Å². The fourth-order valence-electron chi connectivity index (χ4n) is 6.74. The Labute approximate surface area is 290 Å². The van der Waals surface area contributed by atoms with Crippen molar-refractivity contribution in [2.24, 2.45) is 0 Å². The minimum atomic E-state index is 0.632. The van der Waals surface area contributed by atoms with Gasteiger partial charge in [-0.3, -0.25) is 0 Å². The van der Waals surface area contributed by atoms with Crippen LogP contribution in [0.4, 0.5) is 0 Å². The van der Waals surface area contributed by atoms with E-state index in [1.54, 1.807) is 0 Å². The summed E-state index contributed by atoms with van der Waals surface area (Å²) >= 11 is 0. The number of aromatic nitrogens is 5. The summed E-state index contributed by atoms with van der Waals surface area (Å²) in [5.74, 6) is 1.92. The van der Waals surface area contributed by atoms with Crippen LogP contribution in [-0.2, 0) is 0 Å². The zero-order chi connectivity index (χ0) is 33.4. The van der Waals surface area contributed by atoms with Crippen LogP contribution >= 0.6 is 0 Å². The highest BCUT2D eigenvalue weighted by Gasteiger charge is 2.18. The molecule has 0 amide bonds. The van der Waals surface area contributed by atoms with E-state index in [0.717, 1.165) is 61.4 Å². The molecule has 0 bridgehead atoms. The van der Waals surface area contributed by atoms with E-state index >= 15 is 0 Å². The zero-order valence-corrected chi connectivity index (χ0v) is 27.4. The summed E-state index contributed by atoms with van der Waals surface area (Å²) in [5.41, 5.74) is 11.5. The van der Waals surface area contributed by atoms with Crippen molar-refractivity contribution in [3.63, 3.8) is 0 Å². The number of pyridine rings is 1. The Bertz CT molecular complexity index is 2590. The fourth-order valence-corrected chi connectivity index (χ4v) is 6.74. The molecule has 6 aromatic carbocycles. The highest BCUT2D eigenvalue weighted by atomic mass is 15.2. The van der Waals surface area contributed by atoms with Crippen molar-refractivity contribution in [3.8, 4) is 67.8 Å². The van der Waals surface area contributed by atoms with Gasteiger partial charge in [0.25, 0.3) is 0 Å². The average molecular weight is 642 g/mol. The Hall–Kier alpha value is -6.72.